The summed E-state index contributed by atoms with van der Waals surface area (Å²) in [7, 11) is 0. The van der Waals surface area contributed by atoms with Gasteiger partial charge in [-0.25, -0.2) is 4.68 Å². The number of aryl methyl sites for hydroxylation is 3. The molecule has 0 aliphatic heterocycles. The van der Waals surface area contributed by atoms with Crippen LogP contribution in [0.5, 0.6) is 5.75 Å². The van der Waals surface area contributed by atoms with Crippen LogP contribution in [-0.2, 0) is 18.9 Å². The third-order valence-electron chi connectivity index (χ3n) is 5.52. The van der Waals surface area contributed by atoms with Crippen molar-refractivity contribution in [1.29, 1.82) is 0 Å². The van der Waals surface area contributed by atoms with E-state index >= 15 is 0 Å². The Balaban J connectivity index is 1.39. The molecule has 0 aliphatic rings. The zero-order valence-electron chi connectivity index (χ0n) is 19.1. The van der Waals surface area contributed by atoms with Crippen LogP contribution in [0.4, 0.5) is 0 Å². The first kappa shape index (κ1) is 22.0. The van der Waals surface area contributed by atoms with Crippen molar-refractivity contribution < 1.29 is 4.74 Å². The van der Waals surface area contributed by atoms with Gasteiger partial charge < -0.3 is 10.6 Å². The molecule has 10 nitrogen and oxygen atoms in total. The molecule has 5 aromatic rings. The summed E-state index contributed by atoms with van der Waals surface area (Å²) in [5.41, 5.74) is 2.95. The summed E-state index contributed by atoms with van der Waals surface area (Å²) in [4.78, 5) is 12.8. The molecular weight excluding hydrogens is 452 g/mol. The largest absolute Gasteiger partial charge is 0.486 e. The summed E-state index contributed by atoms with van der Waals surface area (Å²) in [6.07, 6.45) is 0. The second-order valence-electron chi connectivity index (χ2n) is 7.99. The summed E-state index contributed by atoms with van der Waals surface area (Å²) >= 11 is 1.39. The van der Waals surface area contributed by atoms with Gasteiger partial charge in [0.2, 0.25) is 10.9 Å². The number of benzene rings is 2. The number of aromatic nitrogens is 7. The van der Waals surface area contributed by atoms with Crippen LogP contribution >= 0.6 is 11.8 Å². The van der Waals surface area contributed by atoms with E-state index in [1.54, 1.807) is 4.57 Å². The first-order valence-electron chi connectivity index (χ1n) is 10.8. The molecular formula is C23H24N8O2S. The molecule has 0 atom stereocenters. The summed E-state index contributed by atoms with van der Waals surface area (Å²) < 4.78 is 10.8. The molecule has 0 radical (unpaired) electrons. The number of ether oxygens (including phenoxy) is 1. The molecule has 34 heavy (non-hydrogen) atoms. The molecule has 0 saturated heterocycles. The van der Waals surface area contributed by atoms with Crippen LogP contribution < -0.4 is 16.1 Å². The van der Waals surface area contributed by atoms with Gasteiger partial charge in [0.05, 0.1) is 16.7 Å². The molecule has 0 fully saturated rings. The molecule has 0 bridgehead atoms. The first-order chi connectivity index (χ1) is 16.5. The molecule has 0 amide bonds. The van der Waals surface area contributed by atoms with Gasteiger partial charge in [0, 0.05) is 6.54 Å². The minimum absolute atomic E-state index is 0.0765. The number of thioether (sulfide) groups is 1. The zero-order valence-corrected chi connectivity index (χ0v) is 19.9. The van der Waals surface area contributed by atoms with Crippen molar-refractivity contribution >= 4 is 28.4 Å². The average molecular weight is 477 g/mol. The summed E-state index contributed by atoms with van der Waals surface area (Å²) in [6.45, 7) is 6.67. The van der Waals surface area contributed by atoms with Gasteiger partial charge in [0.15, 0.2) is 5.82 Å². The van der Waals surface area contributed by atoms with Crippen LogP contribution in [0.2, 0.25) is 0 Å². The Labute approximate surface area is 199 Å². The molecule has 2 N–H and O–H groups in total. The van der Waals surface area contributed by atoms with Gasteiger partial charge in [-0.3, -0.25) is 13.8 Å². The Morgan fingerprint density at radius 2 is 1.74 bits per heavy atom. The van der Waals surface area contributed by atoms with Crippen molar-refractivity contribution in [3.63, 3.8) is 0 Å². The maximum absolute atomic E-state index is 12.8. The van der Waals surface area contributed by atoms with Crippen molar-refractivity contribution in [3.05, 3.63) is 75.6 Å². The van der Waals surface area contributed by atoms with Crippen molar-refractivity contribution in [2.24, 2.45) is 0 Å². The van der Waals surface area contributed by atoms with Crippen LogP contribution in [-0.4, -0.2) is 34.0 Å². The Morgan fingerprint density at radius 1 is 1.00 bits per heavy atom. The quantitative estimate of drug-likeness (QED) is 0.281. The molecule has 0 aliphatic carbocycles. The lowest BCUT2D eigenvalue weighted by Gasteiger charge is -2.09. The fourth-order valence-electron chi connectivity index (χ4n) is 3.99. The number of para-hydroxylation sites is 1. The van der Waals surface area contributed by atoms with E-state index in [1.807, 2.05) is 61.6 Å². The Bertz CT molecular complexity index is 1550. The number of nitrogens with two attached hydrogens (primary N) is 1. The second-order valence-corrected chi connectivity index (χ2v) is 8.93. The van der Waals surface area contributed by atoms with Gasteiger partial charge in [-0.1, -0.05) is 30.0 Å². The number of nitrogen functional groups attached to an aromatic ring is 1. The lowest BCUT2D eigenvalue weighted by atomic mass is 10.1. The summed E-state index contributed by atoms with van der Waals surface area (Å²) in [5.74, 6) is 9.16. The van der Waals surface area contributed by atoms with E-state index in [1.165, 1.54) is 16.4 Å². The fourth-order valence-corrected chi connectivity index (χ4v) is 4.78. The normalized spacial score (nSPS) is 11.5. The van der Waals surface area contributed by atoms with E-state index in [2.05, 4.69) is 26.5 Å². The molecule has 0 saturated carbocycles. The molecule has 5 rings (SSSR count). The fraction of sp³-hybridized carbons (Fsp3) is 0.261. The average Bonchev–Trinajstić information content (AvgIpc) is 3.39. The van der Waals surface area contributed by atoms with E-state index in [-0.39, 0.29) is 12.2 Å². The zero-order chi connectivity index (χ0) is 23.8. The molecule has 2 aromatic carbocycles. The van der Waals surface area contributed by atoms with Crippen LogP contribution in [0, 0.1) is 13.8 Å². The van der Waals surface area contributed by atoms with E-state index < -0.39 is 0 Å². The minimum atomic E-state index is -0.0765. The molecule has 3 heterocycles. The third kappa shape index (κ3) is 3.87. The number of fused-ring (bicyclic) bond motifs is 3. The van der Waals surface area contributed by atoms with Crippen molar-refractivity contribution in [1.82, 2.24) is 34.0 Å². The summed E-state index contributed by atoms with van der Waals surface area (Å²) in [5, 5.41) is 18.2. The molecule has 0 spiro atoms. The van der Waals surface area contributed by atoms with Gasteiger partial charge in [-0.05, 0) is 56.2 Å². The van der Waals surface area contributed by atoms with Crippen LogP contribution in [0.1, 0.15) is 29.7 Å². The van der Waals surface area contributed by atoms with E-state index in [0.29, 0.717) is 40.3 Å². The monoisotopic (exact) mass is 476 g/mol. The maximum atomic E-state index is 12.8. The predicted molar refractivity (Wildman–Crippen MR) is 130 cm³/mol. The van der Waals surface area contributed by atoms with Gasteiger partial charge in [-0.15, -0.1) is 20.4 Å². The smallest absolute Gasteiger partial charge is 0.262 e. The van der Waals surface area contributed by atoms with Crippen molar-refractivity contribution in [2.75, 3.05) is 5.84 Å². The minimum Gasteiger partial charge on any atom is -0.486 e. The molecule has 11 heteroatoms. The van der Waals surface area contributed by atoms with Crippen LogP contribution in [0.25, 0.3) is 16.7 Å². The first-order valence-corrected chi connectivity index (χ1v) is 11.8. The SMILES string of the molecule is CCn1c(=O)c2ccccc2n2c(CSc3nnc(COc4cc(C)cc(C)c4)n3N)nnc12. The van der Waals surface area contributed by atoms with Gasteiger partial charge in [0.1, 0.15) is 18.2 Å². The predicted octanol–water partition coefficient (Wildman–Crippen LogP) is 2.86. The second kappa shape index (κ2) is 8.82. The summed E-state index contributed by atoms with van der Waals surface area (Å²) in [6, 6.07) is 13.5. The highest BCUT2D eigenvalue weighted by atomic mass is 32.2. The lowest BCUT2D eigenvalue weighted by molar-refractivity contribution is 0.291. The van der Waals surface area contributed by atoms with Crippen LogP contribution in [0.3, 0.4) is 0 Å². The van der Waals surface area contributed by atoms with E-state index in [9.17, 15) is 4.79 Å². The standard InChI is InChI=1S/C23H24N8O2S/c1-4-29-21(32)17-7-5-6-8-18(17)30-20(26-27-22(29)30)13-34-23-28-25-19(31(23)24)12-33-16-10-14(2)9-15(3)11-16/h5-11H,4,12-13,24H2,1-3H3. The van der Waals surface area contributed by atoms with Gasteiger partial charge in [0.25, 0.3) is 5.56 Å². The van der Waals surface area contributed by atoms with E-state index in [4.69, 9.17) is 10.6 Å². The lowest BCUT2D eigenvalue weighted by Crippen LogP contribution is -2.22. The molecule has 174 valence electrons. The molecule has 3 aromatic heterocycles. The van der Waals surface area contributed by atoms with Gasteiger partial charge >= 0.3 is 0 Å². The highest BCUT2D eigenvalue weighted by molar-refractivity contribution is 7.98. The molecule has 0 unspecified atom stereocenters. The number of nitrogens with zero attached hydrogens (tertiary/aromatic N) is 7. The highest BCUT2D eigenvalue weighted by Gasteiger charge is 2.17. The maximum Gasteiger partial charge on any atom is 0.262 e. The Hall–Kier alpha value is -3.86. The van der Waals surface area contributed by atoms with Crippen molar-refractivity contribution in [2.45, 2.75) is 44.8 Å². The number of hydrogen-bond donors (Lipinski definition) is 1. The van der Waals surface area contributed by atoms with Crippen LogP contribution in [0.15, 0.2) is 52.4 Å². The van der Waals surface area contributed by atoms with E-state index in [0.717, 1.165) is 22.4 Å². The number of rotatable bonds is 7. The highest BCUT2D eigenvalue weighted by Crippen LogP contribution is 2.23. The number of hydrogen-bond acceptors (Lipinski definition) is 8. The van der Waals surface area contributed by atoms with Crippen molar-refractivity contribution in [3.8, 4) is 5.75 Å². The Morgan fingerprint density at radius 3 is 2.50 bits per heavy atom. The Kier molecular flexibility index (Phi) is 5.70. The third-order valence-corrected chi connectivity index (χ3v) is 6.46. The topological polar surface area (TPSA) is 118 Å². The van der Waals surface area contributed by atoms with Gasteiger partial charge in [-0.2, -0.15) is 0 Å².